The average Bonchev–Trinajstić information content (AvgIpc) is 2.50. The molecule has 24 heavy (non-hydrogen) atoms. The fraction of sp³-hybridized carbons (Fsp3) is 0.533. The van der Waals surface area contributed by atoms with Crippen LogP contribution < -0.4 is 9.46 Å². The number of carboxylic acids is 1. The van der Waals surface area contributed by atoms with Crippen LogP contribution in [0.15, 0.2) is 23.1 Å². The highest BCUT2D eigenvalue weighted by molar-refractivity contribution is 7.89. The molecule has 2 N–H and O–H groups in total. The Morgan fingerprint density at radius 1 is 1.33 bits per heavy atom. The summed E-state index contributed by atoms with van der Waals surface area (Å²) in [7, 11) is -2.56. The van der Waals surface area contributed by atoms with Crippen molar-refractivity contribution in [1.29, 1.82) is 0 Å². The first-order chi connectivity index (χ1) is 11.2. The fourth-order valence-electron chi connectivity index (χ4n) is 1.90. The Labute approximate surface area is 147 Å². The lowest BCUT2D eigenvalue weighted by atomic mass is 10.1. The van der Waals surface area contributed by atoms with E-state index in [0.29, 0.717) is 13.0 Å². The third-order valence-corrected chi connectivity index (χ3v) is 4.86. The predicted octanol–water partition coefficient (Wildman–Crippen LogP) is 2.14. The van der Waals surface area contributed by atoms with Crippen LogP contribution in [-0.2, 0) is 19.6 Å². The smallest absolute Gasteiger partial charge is 0.322 e. The summed E-state index contributed by atoms with van der Waals surface area (Å²) in [5, 5.41) is 9.38. The van der Waals surface area contributed by atoms with Crippen molar-refractivity contribution in [2.24, 2.45) is 5.92 Å². The molecule has 1 aromatic carbocycles. The number of hydrogen-bond acceptors (Lipinski definition) is 5. The third kappa shape index (κ3) is 5.94. The van der Waals surface area contributed by atoms with Gasteiger partial charge in [-0.25, -0.2) is 8.42 Å². The number of halogens is 1. The van der Waals surface area contributed by atoms with Gasteiger partial charge in [0.1, 0.15) is 16.7 Å². The molecule has 0 aliphatic rings. The Morgan fingerprint density at radius 2 is 2.00 bits per heavy atom. The molecule has 0 saturated heterocycles. The van der Waals surface area contributed by atoms with Crippen molar-refractivity contribution in [2.45, 2.75) is 31.2 Å². The highest BCUT2D eigenvalue weighted by Crippen LogP contribution is 2.28. The molecule has 0 saturated carbocycles. The largest absolute Gasteiger partial charge is 0.492 e. The van der Waals surface area contributed by atoms with E-state index in [0.717, 1.165) is 0 Å². The minimum Gasteiger partial charge on any atom is -0.492 e. The summed E-state index contributed by atoms with van der Waals surface area (Å²) in [6.45, 7) is 3.95. The van der Waals surface area contributed by atoms with Gasteiger partial charge in [-0.15, -0.1) is 0 Å². The van der Waals surface area contributed by atoms with E-state index in [9.17, 15) is 18.3 Å². The van der Waals surface area contributed by atoms with E-state index in [1.165, 1.54) is 18.2 Å². The number of rotatable bonds is 10. The van der Waals surface area contributed by atoms with Crippen molar-refractivity contribution in [3.05, 3.63) is 23.2 Å². The van der Waals surface area contributed by atoms with Gasteiger partial charge in [-0.1, -0.05) is 25.4 Å². The minimum atomic E-state index is -4.12. The molecule has 0 spiro atoms. The maximum atomic E-state index is 12.6. The number of hydrogen-bond donors (Lipinski definition) is 2. The van der Waals surface area contributed by atoms with E-state index in [1.807, 2.05) is 0 Å². The number of ether oxygens (including phenoxy) is 2. The van der Waals surface area contributed by atoms with Crippen molar-refractivity contribution in [3.63, 3.8) is 0 Å². The lowest BCUT2D eigenvalue weighted by molar-refractivity contribution is -0.140. The Hall–Kier alpha value is -1.35. The Balaban J connectivity index is 3.08. The molecule has 7 nitrogen and oxygen atoms in total. The summed E-state index contributed by atoms with van der Waals surface area (Å²) in [6, 6.07) is 2.92. The topological polar surface area (TPSA) is 102 Å². The predicted molar refractivity (Wildman–Crippen MR) is 90.0 cm³/mol. The zero-order valence-corrected chi connectivity index (χ0v) is 15.4. The summed E-state index contributed by atoms with van der Waals surface area (Å²) in [5.74, 6) is -1.57. The Bertz CT molecular complexity index is 662. The second-order valence-electron chi connectivity index (χ2n) is 5.47. The molecule has 1 atom stereocenters. The van der Waals surface area contributed by atoms with Crippen LogP contribution in [0.4, 0.5) is 0 Å². The van der Waals surface area contributed by atoms with E-state index in [4.69, 9.17) is 21.1 Å². The van der Waals surface area contributed by atoms with Crippen LogP contribution in [-0.4, -0.2) is 45.9 Å². The van der Waals surface area contributed by atoms with Crippen molar-refractivity contribution in [2.75, 3.05) is 20.3 Å². The molecule has 0 fully saturated rings. The van der Waals surface area contributed by atoms with Gasteiger partial charge in [-0.05, 0) is 24.1 Å². The van der Waals surface area contributed by atoms with Gasteiger partial charge < -0.3 is 14.6 Å². The molecular weight excluding hydrogens is 358 g/mol. The van der Waals surface area contributed by atoms with Crippen molar-refractivity contribution >= 4 is 27.6 Å². The van der Waals surface area contributed by atoms with Crippen LogP contribution in [0.25, 0.3) is 0 Å². The van der Waals surface area contributed by atoms with Gasteiger partial charge in [0, 0.05) is 25.2 Å². The van der Waals surface area contributed by atoms with Crippen molar-refractivity contribution in [3.8, 4) is 5.75 Å². The number of methoxy groups -OCH3 is 1. The molecule has 9 heteroatoms. The van der Waals surface area contributed by atoms with Gasteiger partial charge in [-0.2, -0.15) is 4.72 Å². The van der Waals surface area contributed by atoms with E-state index in [1.54, 1.807) is 21.0 Å². The summed E-state index contributed by atoms with van der Waals surface area (Å²) in [5.41, 5.74) is 0. The van der Waals surface area contributed by atoms with Crippen LogP contribution in [0.5, 0.6) is 5.75 Å². The van der Waals surface area contributed by atoms with Crippen LogP contribution >= 0.6 is 11.6 Å². The monoisotopic (exact) mass is 379 g/mol. The van der Waals surface area contributed by atoms with Gasteiger partial charge in [0.15, 0.2) is 0 Å². The number of carbonyl (C=O) groups is 1. The third-order valence-electron chi connectivity index (χ3n) is 3.16. The van der Waals surface area contributed by atoms with Gasteiger partial charge in [-0.3, -0.25) is 4.79 Å². The van der Waals surface area contributed by atoms with Gasteiger partial charge in [0.25, 0.3) is 0 Å². The lowest BCUT2D eigenvalue weighted by Crippen LogP contribution is -2.44. The summed E-state index contributed by atoms with van der Waals surface area (Å²) in [4.78, 5) is 11.1. The lowest BCUT2D eigenvalue weighted by Gasteiger charge is -2.19. The molecule has 0 radical (unpaired) electrons. The molecule has 0 unspecified atom stereocenters. The summed E-state index contributed by atoms with van der Waals surface area (Å²) >= 11 is 5.88. The molecule has 0 aromatic heterocycles. The van der Waals surface area contributed by atoms with Crippen molar-refractivity contribution < 1.29 is 27.8 Å². The van der Waals surface area contributed by atoms with Crippen LogP contribution in [0.2, 0.25) is 5.02 Å². The fourth-order valence-corrected chi connectivity index (χ4v) is 3.64. The van der Waals surface area contributed by atoms with Crippen LogP contribution in [0.3, 0.4) is 0 Å². The normalized spacial score (nSPS) is 13.0. The number of nitrogens with one attached hydrogen (secondary N) is 1. The number of benzene rings is 1. The Kier molecular flexibility index (Phi) is 7.95. The van der Waals surface area contributed by atoms with Crippen LogP contribution in [0.1, 0.15) is 20.3 Å². The first kappa shape index (κ1) is 20.7. The zero-order chi connectivity index (χ0) is 18.3. The van der Waals surface area contributed by atoms with E-state index in [2.05, 4.69) is 4.72 Å². The molecule has 0 aliphatic carbocycles. The first-order valence-corrected chi connectivity index (χ1v) is 9.21. The first-order valence-electron chi connectivity index (χ1n) is 7.35. The van der Waals surface area contributed by atoms with E-state index >= 15 is 0 Å². The maximum Gasteiger partial charge on any atom is 0.322 e. The summed E-state index contributed by atoms with van der Waals surface area (Å²) < 4.78 is 37.7. The number of carboxylic acid groups (broad SMARTS) is 1. The molecular formula is C15H22ClNO6S. The van der Waals surface area contributed by atoms with Gasteiger partial charge in [0.05, 0.1) is 6.61 Å². The van der Waals surface area contributed by atoms with Gasteiger partial charge >= 0.3 is 5.97 Å². The minimum absolute atomic E-state index is 0.107. The molecule has 0 heterocycles. The second-order valence-corrected chi connectivity index (χ2v) is 7.59. The quantitative estimate of drug-likeness (QED) is 0.604. The molecule has 136 valence electrons. The molecule has 0 aliphatic heterocycles. The maximum absolute atomic E-state index is 12.6. The van der Waals surface area contributed by atoms with Crippen LogP contribution in [0, 0.1) is 5.92 Å². The standard InChI is InChI=1S/C15H22ClNO6S/c1-10(2)14(15(18)19)17-24(20,21)13-9-11(16)5-6-12(13)23-8-4-7-22-3/h5-6,9-10,14,17H,4,7-8H2,1-3H3,(H,18,19)/t14-/m1/s1. The molecule has 1 rings (SSSR count). The Morgan fingerprint density at radius 3 is 2.54 bits per heavy atom. The number of aliphatic carboxylic acids is 1. The van der Waals surface area contributed by atoms with E-state index in [-0.39, 0.29) is 22.3 Å². The zero-order valence-electron chi connectivity index (χ0n) is 13.8. The average molecular weight is 380 g/mol. The summed E-state index contributed by atoms with van der Waals surface area (Å²) in [6.07, 6.45) is 0.579. The van der Waals surface area contributed by atoms with Gasteiger partial charge in [0.2, 0.25) is 10.0 Å². The van der Waals surface area contributed by atoms with Crippen molar-refractivity contribution in [1.82, 2.24) is 4.72 Å². The molecule has 1 aromatic rings. The molecule has 0 bridgehead atoms. The number of sulfonamides is 1. The van der Waals surface area contributed by atoms with E-state index < -0.39 is 28.0 Å². The SMILES string of the molecule is COCCCOc1ccc(Cl)cc1S(=O)(=O)N[C@@H](C(=O)O)C(C)C. The highest BCUT2D eigenvalue weighted by Gasteiger charge is 2.30. The molecule has 0 amide bonds. The second kappa shape index (κ2) is 9.22. The highest BCUT2D eigenvalue weighted by atomic mass is 35.5.